The van der Waals surface area contributed by atoms with Gasteiger partial charge in [0.1, 0.15) is 11.4 Å². The largest absolute Gasteiger partial charge is 0.497 e. The van der Waals surface area contributed by atoms with Gasteiger partial charge in [-0.25, -0.2) is 9.78 Å². The molecule has 1 aromatic heterocycles. The van der Waals surface area contributed by atoms with Crippen LogP contribution in [0.25, 0.3) is 0 Å². The van der Waals surface area contributed by atoms with E-state index in [2.05, 4.69) is 10.3 Å². The van der Waals surface area contributed by atoms with Crippen LogP contribution in [0.2, 0.25) is 0 Å². The summed E-state index contributed by atoms with van der Waals surface area (Å²) in [6.07, 6.45) is 4.59. The maximum Gasteiger partial charge on any atom is 0.426 e. The minimum atomic E-state index is -0.456. The molecule has 9 heteroatoms. The van der Waals surface area contributed by atoms with E-state index >= 15 is 0 Å². The van der Waals surface area contributed by atoms with Gasteiger partial charge in [-0.05, 0) is 49.8 Å². The number of hydrogen-bond donors (Lipinski definition) is 1. The average Bonchev–Trinajstić information content (AvgIpc) is 3.34. The van der Waals surface area contributed by atoms with Gasteiger partial charge in [0, 0.05) is 44.0 Å². The summed E-state index contributed by atoms with van der Waals surface area (Å²) in [7, 11) is 1.62. The molecule has 0 atom stereocenters. The minimum absolute atomic E-state index is 0.0569. The average molecular weight is 459 g/mol. The second kappa shape index (κ2) is 10.8. The number of aromatic nitrogens is 1. The van der Waals surface area contributed by atoms with Crippen LogP contribution in [0.1, 0.15) is 59.1 Å². The number of thiazole rings is 1. The van der Waals surface area contributed by atoms with Crippen LogP contribution in [0.5, 0.6) is 5.75 Å². The Balaban J connectivity index is 1.20. The quantitative estimate of drug-likeness (QED) is 0.709. The minimum Gasteiger partial charge on any atom is -0.497 e. The Hall–Kier alpha value is -2.65. The molecule has 0 unspecified atom stereocenters. The lowest BCUT2D eigenvalue weighted by Crippen LogP contribution is -2.38. The van der Waals surface area contributed by atoms with Crippen molar-refractivity contribution in [3.8, 4) is 5.75 Å². The van der Waals surface area contributed by atoms with Crippen molar-refractivity contribution in [3.05, 3.63) is 45.9 Å². The zero-order chi connectivity index (χ0) is 22.3. The molecule has 32 heavy (non-hydrogen) atoms. The van der Waals surface area contributed by atoms with Gasteiger partial charge in [-0.1, -0.05) is 12.1 Å². The number of methoxy groups -OCH3 is 1. The molecule has 2 aromatic rings. The molecule has 0 spiro atoms. The van der Waals surface area contributed by atoms with Gasteiger partial charge in [-0.3, -0.25) is 4.79 Å². The normalized spacial score (nSPS) is 17.7. The number of hydrogen-bond acceptors (Lipinski definition) is 7. The van der Waals surface area contributed by atoms with E-state index in [9.17, 15) is 9.59 Å². The van der Waals surface area contributed by atoms with Gasteiger partial charge in [0.15, 0.2) is 0 Å². The summed E-state index contributed by atoms with van der Waals surface area (Å²) >= 11 is 1.57. The van der Waals surface area contributed by atoms with E-state index in [0.29, 0.717) is 31.2 Å². The summed E-state index contributed by atoms with van der Waals surface area (Å²) in [5.41, 5.74) is 1.55. The van der Waals surface area contributed by atoms with Crippen molar-refractivity contribution in [1.82, 2.24) is 20.3 Å². The molecule has 2 aliphatic rings. The van der Waals surface area contributed by atoms with Gasteiger partial charge >= 0.3 is 6.09 Å². The third-order valence-electron chi connectivity index (χ3n) is 6.00. The van der Waals surface area contributed by atoms with E-state index in [1.165, 1.54) is 6.42 Å². The lowest BCUT2D eigenvalue weighted by molar-refractivity contribution is -0.113. The van der Waals surface area contributed by atoms with Crippen molar-refractivity contribution >= 4 is 23.3 Å². The van der Waals surface area contributed by atoms with E-state index in [0.717, 1.165) is 55.1 Å². The molecule has 2 amide bonds. The number of likely N-dealkylation sites (tertiary alicyclic amines) is 1. The number of hydroxylamine groups is 2. The number of ether oxygens (including phenoxy) is 1. The number of carbonyl (C=O) groups excluding carboxylic acids is 2. The highest BCUT2D eigenvalue weighted by Gasteiger charge is 2.27. The molecule has 0 bridgehead atoms. The highest BCUT2D eigenvalue weighted by atomic mass is 32.1. The third kappa shape index (κ3) is 5.77. The molecule has 0 radical (unpaired) electrons. The molecule has 0 aliphatic carbocycles. The molecule has 2 aliphatic heterocycles. The van der Waals surface area contributed by atoms with Crippen LogP contribution in [0, 0.1) is 0 Å². The number of nitrogens with one attached hydrogen (secondary N) is 1. The maximum atomic E-state index is 12.7. The predicted octanol–water partition coefficient (Wildman–Crippen LogP) is 3.80. The Kier molecular flexibility index (Phi) is 7.59. The predicted molar refractivity (Wildman–Crippen MR) is 122 cm³/mol. The third-order valence-corrected chi connectivity index (χ3v) is 7.00. The summed E-state index contributed by atoms with van der Waals surface area (Å²) in [6.45, 7) is 3.36. The van der Waals surface area contributed by atoms with Crippen molar-refractivity contribution in [1.29, 1.82) is 0 Å². The zero-order valence-corrected chi connectivity index (χ0v) is 19.2. The first kappa shape index (κ1) is 22.5. The summed E-state index contributed by atoms with van der Waals surface area (Å²) < 4.78 is 5.14. The number of amides is 2. The van der Waals surface area contributed by atoms with E-state index < -0.39 is 6.09 Å². The van der Waals surface area contributed by atoms with Crippen LogP contribution in [-0.2, 0) is 11.4 Å². The number of rotatable bonds is 6. The summed E-state index contributed by atoms with van der Waals surface area (Å²) in [5.74, 6) is 1.13. The number of nitrogens with zero attached hydrogens (tertiary/aromatic N) is 3. The molecule has 3 heterocycles. The molecule has 0 saturated carbocycles. The second-order valence-electron chi connectivity index (χ2n) is 8.21. The van der Waals surface area contributed by atoms with Crippen molar-refractivity contribution < 1.29 is 19.2 Å². The highest BCUT2D eigenvalue weighted by Crippen LogP contribution is 2.31. The summed E-state index contributed by atoms with van der Waals surface area (Å²) in [6, 6.07) is 7.53. The molecular weight excluding hydrogens is 428 g/mol. The summed E-state index contributed by atoms with van der Waals surface area (Å²) in [5, 5.41) is 7.38. The highest BCUT2D eigenvalue weighted by molar-refractivity contribution is 7.09. The first-order chi connectivity index (χ1) is 15.6. The zero-order valence-electron chi connectivity index (χ0n) is 18.4. The fourth-order valence-electron chi connectivity index (χ4n) is 4.09. The summed E-state index contributed by atoms with van der Waals surface area (Å²) in [4.78, 5) is 36.8. The topological polar surface area (TPSA) is 84.0 Å². The lowest BCUT2D eigenvalue weighted by atomic mass is 9.99. The lowest BCUT2D eigenvalue weighted by Gasteiger charge is -2.29. The van der Waals surface area contributed by atoms with Crippen molar-refractivity contribution in [2.75, 3.05) is 33.3 Å². The van der Waals surface area contributed by atoms with Crippen LogP contribution in [0.4, 0.5) is 4.79 Å². The molecule has 2 fully saturated rings. The Morgan fingerprint density at radius 2 is 1.81 bits per heavy atom. The second-order valence-corrected chi connectivity index (χ2v) is 9.10. The number of carbonyl (C=O) groups is 2. The van der Waals surface area contributed by atoms with Crippen LogP contribution >= 0.6 is 11.3 Å². The molecule has 172 valence electrons. The van der Waals surface area contributed by atoms with Crippen molar-refractivity contribution in [2.45, 2.75) is 44.6 Å². The van der Waals surface area contributed by atoms with Gasteiger partial charge in [0.2, 0.25) is 0 Å². The van der Waals surface area contributed by atoms with E-state index in [-0.39, 0.29) is 5.91 Å². The molecule has 2 saturated heterocycles. The Morgan fingerprint density at radius 3 is 2.50 bits per heavy atom. The number of benzene rings is 1. The van der Waals surface area contributed by atoms with Gasteiger partial charge in [0.25, 0.3) is 5.91 Å². The van der Waals surface area contributed by atoms with Gasteiger partial charge < -0.3 is 19.8 Å². The Bertz CT molecular complexity index is 903. The van der Waals surface area contributed by atoms with Gasteiger partial charge in [0.05, 0.1) is 12.1 Å². The van der Waals surface area contributed by atoms with Gasteiger partial charge in [-0.2, -0.15) is 0 Å². The smallest absolute Gasteiger partial charge is 0.426 e. The van der Waals surface area contributed by atoms with Gasteiger partial charge in [-0.15, -0.1) is 16.4 Å². The van der Waals surface area contributed by atoms with Crippen molar-refractivity contribution in [2.24, 2.45) is 0 Å². The fraction of sp³-hybridized carbons (Fsp3) is 0.522. The van der Waals surface area contributed by atoms with Crippen LogP contribution in [0.15, 0.2) is 29.6 Å². The molecule has 4 rings (SSSR count). The van der Waals surface area contributed by atoms with E-state index in [1.54, 1.807) is 23.5 Å². The fourth-order valence-corrected chi connectivity index (χ4v) is 5.06. The van der Waals surface area contributed by atoms with Crippen molar-refractivity contribution in [3.63, 3.8) is 0 Å². The van der Waals surface area contributed by atoms with Crippen LogP contribution in [0.3, 0.4) is 0 Å². The van der Waals surface area contributed by atoms with Crippen LogP contribution in [-0.4, -0.2) is 60.2 Å². The van der Waals surface area contributed by atoms with E-state index in [4.69, 9.17) is 9.57 Å². The molecule has 1 aromatic carbocycles. The molecule has 1 N–H and O–H groups in total. The maximum absolute atomic E-state index is 12.7. The van der Waals surface area contributed by atoms with E-state index in [1.807, 2.05) is 34.5 Å². The Morgan fingerprint density at radius 1 is 1.09 bits per heavy atom. The Labute approximate surface area is 192 Å². The first-order valence-corrected chi connectivity index (χ1v) is 12.1. The van der Waals surface area contributed by atoms with Crippen LogP contribution < -0.4 is 10.1 Å². The monoisotopic (exact) mass is 458 g/mol. The first-order valence-electron chi connectivity index (χ1n) is 11.2. The number of piperidine rings is 2. The standard InChI is InChI=1S/C23H30N4O4S/c1-30-19-7-5-17(6-8-19)15-24-23(29)31-27-13-9-18(10-14-27)21-25-20(16-32-21)22(28)26-11-3-2-4-12-26/h5-8,16,18H,2-4,9-15H2,1H3,(H,24,29). The molecular formula is C23H30N4O4S. The SMILES string of the molecule is COc1ccc(CNC(=O)ON2CCC(c3nc(C(=O)N4CCCCC4)cs3)CC2)cc1. The molecule has 8 nitrogen and oxygen atoms in total.